The lowest BCUT2D eigenvalue weighted by molar-refractivity contribution is -0.123. The van der Waals surface area contributed by atoms with Crippen molar-refractivity contribution < 1.29 is 27.3 Å². The number of aryl methyl sites for hydroxylation is 1. The number of aromatic nitrogens is 1. The van der Waals surface area contributed by atoms with Gasteiger partial charge in [0.1, 0.15) is 5.56 Å². The van der Waals surface area contributed by atoms with E-state index in [1.165, 1.54) is 35.5 Å². The van der Waals surface area contributed by atoms with Crippen LogP contribution in [0.15, 0.2) is 33.7 Å². The molecule has 1 amide bonds. The Morgan fingerprint density at radius 1 is 1.09 bits per heavy atom. The van der Waals surface area contributed by atoms with E-state index in [0.29, 0.717) is 30.2 Å². The Bertz CT molecular complexity index is 1070. The Labute approximate surface area is 188 Å². The minimum atomic E-state index is -3.54. The van der Waals surface area contributed by atoms with Gasteiger partial charge in [-0.1, -0.05) is 25.4 Å². The third-order valence-corrected chi connectivity index (χ3v) is 7.26. The number of nitrogens with zero attached hydrogens (tertiary/aromatic N) is 2. The van der Waals surface area contributed by atoms with Crippen molar-refractivity contribution in [1.82, 2.24) is 9.46 Å². The lowest BCUT2D eigenvalue weighted by Gasteiger charge is -2.25. The minimum absolute atomic E-state index is 0.0670. The van der Waals surface area contributed by atoms with Crippen molar-refractivity contribution in [3.05, 3.63) is 41.3 Å². The standard InChI is InChI=1S/C22H29N3O6S/c1-14(2)20-19(15(3)24-31-20)22(27)30-16(4)21(26)23-17-8-10-18(11-9-17)32(28,29)25-12-6-5-7-13-25/h8-11,14,16H,5-7,12-13H2,1-4H3,(H,23,26)/t16-/m0/s1. The van der Waals surface area contributed by atoms with E-state index in [1.807, 2.05) is 13.8 Å². The van der Waals surface area contributed by atoms with Crippen LogP contribution in [-0.4, -0.2) is 48.9 Å². The van der Waals surface area contributed by atoms with Crippen molar-refractivity contribution in [2.45, 2.75) is 63.9 Å². The molecule has 1 fully saturated rings. The highest BCUT2D eigenvalue weighted by molar-refractivity contribution is 7.89. The molecule has 1 aromatic heterocycles. The lowest BCUT2D eigenvalue weighted by atomic mass is 10.1. The molecule has 0 spiro atoms. The summed E-state index contributed by atoms with van der Waals surface area (Å²) in [7, 11) is -3.54. The van der Waals surface area contributed by atoms with E-state index in [9.17, 15) is 18.0 Å². The quantitative estimate of drug-likeness (QED) is 0.625. The topological polar surface area (TPSA) is 119 Å². The van der Waals surface area contributed by atoms with Gasteiger partial charge >= 0.3 is 5.97 Å². The molecule has 32 heavy (non-hydrogen) atoms. The number of rotatable bonds is 7. The maximum Gasteiger partial charge on any atom is 0.344 e. The molecule has 1 aliphatic heterocycles. The fourth-order valence-corrected chi connectivity index (χ4v) is 5.03. The summed E-state index contributed by atoms with van der Waals surface area (Å²) in [4.78, 5) is 25.2. The van der Waals surface area contributed by atoms with E-state index in [-0.39, 0.29) is 16.4 Å². The number of sulfonamides is 1. The van der Waals surface area contributed by atoms with E-state index in [0.717, 1.165) is 19.3 Å². The molecule has 1 aliphatic rings. The van der Waals surface area contributed by atoms with Crippen molar-refractivity contribution in [1.29, 1.82) is 0 Å². The van der Waals surface area contributed by atoms with Gasteiger partial charge in [-0.15, -0.1) is 0 Å². The Hall–Kier alpha value is -2.72. The van der Waals surface area contributed by atoms with E-state index in [1.54, 1.807) is 6.92 Å². The van der Waals surface area contributed by atoms with Crippen LogP contribution in [0.2, 0.25) is 0 Å². The molecule has 0 radical (unpaired) electrons. The zero-order chi connectivity index (χ0) is 23.5. The van der Waals surface area contributed by atoms with Crippen LogP contribution in [0.3, 0.4) is 0 Å². The number of piperidine rings is 1. The lowest BCUT2D eigenvalue weighted by Crippen LogP contribution is -2.35. The van der Waals surface area contributed by atoms with Gasteiger partial charge in [0, 0.05) is 24.7 Å². The number of nitrogens with one attached hydrogen (secondary N) is 1. The Morgan fingerprint density at radius 2 is 1.72 bits per heavy atom. The van der Waals surface area contributed by atoms with Crippen LogP contribution < -0.4 is 5.32 Å². The van der Waals surface area contributed by atoms with Crippen molar-refractivity contribution in [2.24, 2.45) is 0 Å². The van der Waals surface area contributed by atoms with Gasteiger partial charge < -0.3 is 14.6 Å². The van der Waals surface area contributed by atoms with E-state index < -0.39 is 28.0 Å². The van der Waals surface area contributed by atoms with Gasteiger partial charge in [-0.2, -0.15) is 4.31 Å². The maximum atomic E-state index is 12.7. The van der Waals surface area contributed by atoms with Gasteiger partial charge in [0.15, 0.2) is 11.9 Å². The number of esters is 1. The van der Waals surface area contributed by atoms with Crippen LogP contribution >= 0.6 is 0 Å². The second-order valence-corrected chi connectivity index (χ2v) is 10.1. The van der Waals surface area contributed by atoms with Gasteiger partial charge in [-0.3, -0.25) is 4.79 Å². The molecule has 1 aromatic carbocycles. The molecule has 3 rings (SSSR count). The SMILES string of the molecule is Cc1noc(C(C)C)c1C(=O)O[C@@H](C)C(=O)Nc1ccc(S(=O)(=O)N2CCCCC2)cc1. The third kappa shape index (κ3) is 5.18. The summed E-state index contributed by atoms with van der Waals surface area (Å²) < 4.78 is 37.5. The molecule has 0 unspecified atom stereocenters. The Balaban J connectivity index is 1.63. The van der Waals surface area contributed by atoms with Crippen molar-refractivity contribution in [3.63, 3.8) is 0 Å². The highest BCUT2D eigenvalue weighted by atomic mass is 32.2. The molecule has 2 aromatic rings. The molecule has 2 heterocycles. The summed E-state index contributed by atoms with van der Waals surface area (Å²) in [5.41, 5.74) is 1.03. The Kier molecular flexibility index (Phi) is 7.35. The number of hydrogen-bond donors (Lipinski definition) is 1. The van der Waals surface area contributed by atoms with Gasteiger partial charge in [-0.25, -0.2) is 13.2 Å². The van der Waals surface area contributed by atoms with Crippen molar-refractivity contribution >= 4 is 27.6 Å². The first-order chi connectivity index (χ1) is 15.1. The minimum Gasteiger partial charge on any atom is -0.449 e. The monoisotopic (exact) mass is 463 g/mol. The first-order valence-corrected chi connectivity index (χ1v) is 12.1. The summed E-state index contributed by atoms with van der Waals surface area (Å²) in [5.74, 6) is -0.878. The molecule has 1 saturated heterocycles. The fourth-order valence-electron chi connectivity index (χ4n) is 3.51. The zero-order valence-electron chi connectivity index (χ0n) is 18.8. The number of hydrogen-bond acceptors (Lipinski definition) is 7. The second-order valence-electron chi connectivity index (χ2n) is 8.19. The van der Waals surface area contributed by atoms with Crippen molar-refractivity contribution in [3.8, 4) is 0 Å². The average Bonchev–Trinajstić information content (AvgIpc) is 3.16. The van der Waals surface area contributed by atoms with Gasteiger partial charge in [-0.05, 0) is 51.0 Å². The number of ether oxygens (including phenoxy) is 1. The van der Waals surface area contributed by atoms with Gasteiger partial charge in [0.2, 0.25) is 10.0 Å². The first-order valence-electron chi connectivity index (χ1n) is 10.7. The van der Waals surface area contributed by atoms with Crippen LogP contribution in [0.25, 0.3) is 0 Å². The predicted octanol–water partition coefficient (Wildman–Crippen LogP) is 3.47. The fraction of sp³-hybridized carbons (Fsp3) is 0.500. The smallest absolute Gasteiger partial charge is 0.344 e. The van der Waals surface area contributed by atoms with Crippen LogP contribution in [0.1, 0.15) is 67.8 Å². The molecular weight excluding hydrogens is 434 g/mol. The summed E-state index contributed by atoms with van der Waals surface area (Å²) >= 11 is 0. The van der Waals surface area contributed by atoms with Crippen LogP contribution in [-0.2, 0) is 19.6 Å². The van der Waals surface area contributed by atoms with E-state index in [4.69, 9.17) is 9.26 Å². The number of amides is 1. The molecule has 174 valence electrons. The molecule has 0 bridgehead atoms. The summed E-state index contributed by atoms with van der Waals surface area (Å²) in [6.45, 7) is 7.86. The second kappa shape index (κ2) is 9.83. The van der Waals surface area contributed by atoms with Crippen LogP contribution in [0.5, 0.6) is 0 Å². The van der Waals surface area contributed by atoms with Gasteiger partial charge in [0.05, 0.1) is 10.6 Å². The first kappa shape index (κ1) is 23.9. The third-order valence-electron chi connectivity index (χ3n) is 5.35. The molecule has 1 atom stereocenters. The molecule has 0 saturated carbocycles. The van der Waals surface area contributed by atoms with Gasteiger partial charge in [0.25, 0.3) is 5.91 Å². The molecule has 1 N–H and O–H groups in total. The molecule has 0 aliphatic carbocycles. The Morgan fingerprint density at radius 3 is 2.31 bits per heavy atom. The maximum absolute atomic E-state index is 12.7. The number of anilines is 1. The highest BCUT2D eigenvalue weighted by Gasteiger charge is 2.28. The summed E-state index contributed by atoms with van der Waals surface area (Å²) in [6, 6.07) is 5.96. The number of benzene rings is 1. The number of carbonyl (C=O) groups excluding carboxylic acids is 2. The summed E-state index contributed by atoms with van der Waals surface area (Å²) in [5, 5.41) is 6.45. The normalized spacial score (nSPS) is 16.0. The van der Waals surface area contributed by atoms with Crippen LogP contribution in [0, 0.1) is 6.92 Å². The largest absolute Gasteiger partial charge is 0.449 e. The highest BCUT2D eigenvalue weighted by Crippen LogP contribution is 2.24. The predicted molar refractivity (Wildman–Crippen MR) is 118 cm³/mol. The van der Waals surface area contributed by atoms with E-state index >= 15 is 0 Å². The average molecular weight is 464 g/mol. The summed E-state index contributed by atoms with van der Waals surface area (Å²) in [6.07, 6.45) is 1.68. The zero-order valence-corrected chi connectivity index (χ0v) is 19.6. The van der Waals surface area contributed by atoms with Crippen LogP contribution in [0.4, 0.5) is 5.69 Å². The van der Waals surface area contributed by atoms with E-state index in [2.05, 4.69) is 10.5 Å². The molecule has 10 heteroatoms. The molecular formula is C22H29N3O6S. The van der Waals surface area contributed by atoms with Crippen molar-refractivity contribution in [2.75, 3.05) is 18.4 Å². The molecule has 9 nitrogen and oxygen atoms in total. The number of carbonyl (C=O) groups is 2.